The topological polar surface area (TPSA) is 51.7 Å². The molecule has 17 heavy (non-hydrogen) atoms. The fourth-order valence-electron chi connectivity index (χ4n) is 1.99. The minimum atomic E-state index is 0. The maximum Gasteiger partial charge on any atom is 0.118 e. The summed E-state index contributed by atoms with van der Waals surface area (Å²) in [6.45, 7) is 2.25. The molecule has 98 valence electrons. The lowest BCUT2D eigenvalue weighted by atomic mass is 10.0. The molecule has 0 atom stereocenters. The Morgan fingerprint density at radius 2 is 1.47 bits per heavy atom. The molecule has 0 aromatic heterocycles. The quantitative estimate of drug-likeness (QED) is 0.687. The second-order valence-electron chi connectivity index (χ2n) is 4.50. The van der Waals surface area contributed by atoms with Crippen LogP contribution in [0, 0.1) is 0 Å². The van der Waals surface area contributed by atoms with E-state index in [0.717, 1.165) is 12.0 Å². The van der Waals surface area contributed by atoms with Crippen molar-refractivity contribution in [3.8, 4) is 5.75 Å². The average Bonchev–Trinajstić information content (AvgIpc) is 2.30. The lowest BCUT2D eigenvalue weighted by Gasteiger charge is -2.04. The Morgan fingerprint density at radius 1 is 0.882 bits per heavy atom. The van der Waals surface area contributed by atoms with Crippen molar-refractivity contribution in [3.63, 3.8) is 0 Å². The second kappa shape index (κ2) is 10.2. The van der Waals surface area contributed by atoms with Crippen LogP contribution < -0.4 is 0 Å². The van der Waals surface area contributed by atoms with Crippen molar-refractivity contribution in [2.24, 2.45) is 0 Å². The molecule has 1 rings (SSSR count). The zero-order chi connectivity index (χ0) is 11.6. The van der Waals surface area contributed by atoms with E-state index in [1.807, 2.05) is 18.2 Å². The Kier molecular flexibility index (Phi) is 9.55. The zero-order valence-electron chi connectivity index (χ0n) is 10.9. The molecule has 2 heteroatoms. The molecule has 0 aliphatic carbocycles. The smallest absolute Gasteiger partial charge is 0.118 e. The van der Waals surface area contributed by atoms with Crippen LogP contribution in [0.1, 0.15) is 57.4 Å². The highest BCUT2D eigenvalue weighted by molar-refractivity contribution is 5.31. The molecule has 1 aromatic rings. The summed E-state index contributed by atoms with van der Waals surface area (Å²) in [6.07, 6.45) is 10.3. The summed E-state index contributed by atoms with van der Waals surface area (Å²) in [4.78, 5) is 0. The number of phenolic OH excluding ortho intramolecular Hbond substituents is 1. The highest BCUT2D eigenvalue weighted by atomic mass is 16.3. The Morgan fingerprint density at radius 3 is 2.12 bits per heavy atom. The lowest BCUT2D eigenvalue weighted by molar-refractivity contribution is 0.466. The molecule has 0 radical (unpaired) electrons. The molecule has 0 aliphatic heterocycles. The van der Waals surface area contributed by atoms with Crippen molar-refractivity contribution < 1.29 is 10.6 Å². The van der Waals surface area contributed by atoms with Crippen molar-refractivity contribution in [1.82, 2.24) is 0 Å². The summed E-state index contributed by atoms with van der Waals surface area (Å²) in [5.74, 6) is 0.452. The van der Waals surface area contributed by atoms with Gasteiger partial charge in [0, 0.05) is 0 Å². The monoisotopic (exact) mass is 238 g/mol. The van der Waals surface area contributed by atoms with E-state index in [9.17, 15) is 5.11 Å². The van der Waals surface area contributed by atoms with Gasteiger partial charge in [0.1, 0.15) is 5.75 Å². The number of aryl methyl sites for hydroxylation is 1. The van der Waals surface area contributed by atoms with E-state index in [-0.39, 0.29) is 5.48 Å². The first-order chi connectivity index (χ1) is 7.84. The number of phenols is 1. The lowest BCUT2D eigenvalue weighted by Crippen LogP contribution is -1.87. The Hall–Kier alpha value is -1.02. The maximum absolute atomic E-state index is 9.58. The van der Waals surface area contributed by atoms with Gasteiger partial charge in [0.2, 0.25) is 0 Å². The molecular formula is C15H26O2. The van der Waals surface area contributed by atoms with Crippen molar-refractivity contribution in [2.45, 2.75) is 58.3 Å². The van der Waals surface area contributed by atoms with Crippen LogP contribution in [0.2, 0.25) is 0 Å². The predicted molar refractivity (Wildman–Crippen MR) is 73.4 cm³/mol. The number of rotatable bonds is 8. The minimum absolute atomic E-state index is 0. The zero-order valence-corrected chi connectivity index (χ0v) is 10.9. The molecule has 2 nitrogen and oxygen atoms in total. The third kappa shape index (κ3) is 7.01. The molecule has 0 fully saturated rings. The summed E-state index contributed by atoms with van der Waals surface area (Å²) in [5, 5.41) is 9.58. The first-order valence-electron chi connectivity index (χ1n) is 6.61. The molecule has 0 spiro atoms. The predicted octanol–water partition coefficient (Wildman–Crippen LogP) is 3.86. The summed E-state index contributed by atoms with van der Waals surface area (Å²) >= 11 is 0. The first kappa shape index (κ1) is 16.0. The van der Waals surface area contributed by atoms with Crippen LogP contribution in [-0.4, -0.2) is 10.6 Å². The van der Waals surface area contributed by atoms with Crippen LogP contribution in [0.5, 0.6) is 5.75 Å². The van der Waals surface area contributed by atoms with Gasteiger partial charge in [-0.2, -0.15) is 0 Å². The molecule has 3 N–H and O–H groups in total. The number of unbranched alkanes of at least 4 members (excludes halogenated alkanes) is 6. The van der Waals surface area contributed by atoms with Gasteiger partial charge in [-0.1, -0.05) is 63.6 Å². The van der Waals surface area contributed by atoms with Gasteiger partial charge in [-0.25, -0.2) is 0 Å². The SMILES string of the molecule is CCCCCCCCCc1ccccc1O.O. The second-order valence-corrected chi connectivity index (χ2v) is 4.50. The van der Waals surface area contributed by atoms with Crippen molar-refractivity contribution in [2.75, 3.05) is 0 Å². The van der Waals surface area contributed by atoms with Crippen LogP contribution in [0.15, 0.2) is 24.3 Å². The molecule has 0 bridgehead atoms. The normalized spacial score (nSPS) is 9.94. The van der Waals surface area contributed by atoms with E-state index in [0.29, 0.717) is 5.75 Å². The summed E-state index contributed by atoms with van der Waals surface area (Å²) in [5.41, 5.74) is 1.09. The van der Waals surface area contributed by atoms with Gasteiger partial charge in [0.25, 0.3) is 0 Å². The van der Waals surface area contributed by atoms with E-state index in [2.05, 4.69) is 6.92 Å². The molecule has 0 saturated carbocycles. The summed E-state index contributed by atoms with van der Waals surface area (Å²) in [6, 6.07) is 7.67. The fourth-order valence-corrected chi connectivity index (χ4v) is 1.99. The first-order valence-corrected chi connectivity index (χ1v) is 6.61. The molecular weight excluding hydrogens is 212 g/mol. The molecule has 0 saturated heterocycles. The number of aromatic hydroxyl groups is 1. The van der Waals surface area contributed by atoms with Gasteiger partial charge in [-0.15, -0.1) is 0 Å². The maximum atomic E-state index is 9.58. The van der Waals surface area contributed by atoms with Crippen molar-refractivity contribution in [3.05, 3.63) is 29.8 Å². The number of hydrogen-bond donors (Lipinski definition) is 1. The summed E-state index contributed by atoms with van der Waals surface area (Å²) < 4.78 is 0. The number of para-hydroxylation sites is 1. The van der Waals surface area contributed by atoms with Gasteiger partial charge in [0.05, 0.1) is 0 Å². The molecule has 0 unspecified atom stereocenters. The Labute approximate surface area is 105 Å². The Balaban J connectivity index is 0.00000256. The van der Waals surface area contributed by atoms with Gasteiger partial charge >= 0.3 is 0 Å². The van der Waals surface area contributed by atoms with Gasteiger partial charge < -0.3 is 10.6 Å². The van der Waals surface area contributed by atoms with Crippen molar-refractivity contribution >= 4 is 0 Å². The molecule has 0 heterocycles. The van der Waals surface area contributed by atoms with Gasteiger partial charge in [-0.05, 0) is 24.5 Å². The fraction of sp³-hybridized carbons (Fsp3) is 0.600. The highest BCUT2D eigenvalue weighted by Gasteiger charge is 1.98. The van der Waals surface area contributed by atoms with E-state index < -0.39 is 0 Å². The van der Waals surface area contributed by atoms with E-state index in [1.165, 1.54) is 44.9 Å². The van der Waals surface area contributed by atoms with Crippen LogP contribution >= 0.6 is 0 Å². The minimum Gasteiger partial charge on any atom is -0.508 e. The third-order valence-electron chi connectivity index (χ3n) is 3.04. The number of hydrogen-bond acceptors (Lipinski definition) is 1. The Bertz CT molecular complexity index is 284. The van der Waals surface area contributed by atoms with Crippen LogP contribution in [0.4, 0.5) is 0 Å². The molecule has 0 amide bonds. The van der Waals surface area contributed by atoms with E-state index in [1.54, 1.807) is 6.07 Å². The highest BCUT2D eigenvalue weighted by Crippen LogP contribution is 2.18. The van der Waals surface area contributed by atoms with E-state index in [4.69, 9.17) is 0 Å². The summed E-state index contributed by atoms with van der Waals surface area (Å²) in [7, 11) is 0. The van der Waals surface area contributed by atoms with Crippen molar-refractivity contribution in [1.29, 1.82) is 0 Å². The van der Waals surface area contributed by atoms with Crippen LogP contribution in [-0.2, 0) is 6.42 Å². The van der Waals surface area contributed by atoms with Gasteiger partial charge in [0.15, 0.2) is 0 Å². The van der Waals surface area contributed by atoms with Gasteiger partial charge in [-0.3, -0.25) is 0 Å². The van der Waals surface area contributed by atoms with Crippen LogP contribution in [0.25, 0.3) is 0 Å². The molecule has 1 aromatic carbocycles. The van der Waals surface area contributed by atoms with Crippen LogP contribution in [0.3, 0.4) is 0 Å². The standard InChI is InChI=1S/C15H24O.H2O/c1-2-3-4-5-6-7-8-11-14-12-9-10-13-15(14)16;/h9-10,12-13,16H,2-8,11H2,1H3;1H2. The number of benzene rings is 1. The average molecular weight is 238 g/mol. The molecule has 0 aliphatic rings. The third-order valence-corrected chi connectivity index (χ3v) is 3.04. The van der Waals surface area contributed by atoms with E-state index >= 15 is 0 Å². The largest absolute Gasteiger partial charge is 0.508 e.